The molecule has 1 nitrogen and oxygen atoms in total. The summed E-state index contributed by atoms with van der Waals surface area (Å²) in [4.78, 5) is 2.80. The molecule has 0 aliphatic heterocycles. The first-order valence-corrected chi connectivity index (χ1v) is 8.17. The zero-order chi connectivity index (χ0) is 14.0. The van der Waals surface area contributed by atoms with E-state index in [1.54, 1.807) is 0 Å². The number of aryl methyl sites for hydroxylation is 2. The van der Waals surface area contributed by atoms with Gasteiger partial charge in [-0.15, -0.1) is 11.3 Å². The lowest BCUT2D eigenvalue weighted by Crippen LogP contribution is -2.22. The second kappa shape index (κ2) is 6.21. The molecule has 1 aromatic heterocycles. The minimum absolute atomic E-state index is 0.324. The molecule has 0 spiro atoms. The molecule has 0 amide bonds. The maximum atomic E-state index is 3.68. The molecule has 2 aromatic rings. The summed E-state index contributed by atoms with van der Waals surface area (Å²) < 4.78 is 1.17. The highest BCUT2D eigenvalue weighted by Crippen LogP contribution is 2.29. The second-order valence-corrected chi connectivity index (χ2v) is 7.31. The van der Waals surface area contributed by atoms with Crippen LogP contribution in [0, 0.1) is 13.8 Å². The number of nitrogens with one attached hydrogen (secondary N) is 1. The van der Waals surface area contributed by atoms with Crippen molar-refractivity contribution in [1.82, 2.24) is 5.32 Å². The van der Waals surface area contributed by atoms with Crippen LogP contribution in [-0.4, -0.2) is 0 Å². The van der Waals surface area contributed by atoms with E-state index in [4.69, 9.17) is 0 Å². The van der Waals surface area contributed by atoms with E-state index in [0.717, 1.165) is 0 Å². The summed E-state index contributed by atoms with van der Waals surface area (Å²) in [5.74, 6) is 0. The average Bonchev–Trinajstić information content (AvgIpc) is 2.69. The van der Waals surface area contributed by atoms with Gasteiger partial charge in [0.1, 0.15) is 0 Å². The largest absolute Gasteiger partial charge is 0.304 e. The van der Waals surface area contributed by atoms with Gasteiger partial charge in [0.2, 0.25) is 0 Å². The fraction of sp³-hybridized carbons (Fsp3) is 0.375. The van der Waals surface area contributed by atoms with Crippen molar-refractivity contribution in [2.45, 2.75) is 39.8 Å². The van der Waals surface area contributed by atoms with Gasteiger partial charge >= 0.3 is 0 Å². The maximum absolute atomic E-state index is 3.68. The number of halogens is 1. The molecule has 0 fully saturated rings. The van der Waals surface area contributed by atoms with Crippen LogP contribution in [0.2, 0.25) is 0 Å². The van der Waals surface area contributed by atoms with Crippen molar-refractivity contribution in [3.63, 3.8) is 0 Å². The highest BCUT2D eigenvalue weighted by Gasteiger charge is 2.15. The quantitative estimate of drug-likeness (QED) is 0.772. The predicted octanol–water partition coefficient (Wildman–Crippen LogP) is 5.54. The van der Waals surface area contributed by atoms with Crippen LogP contribution in [0.5, 0.6) is 0 Å². The molecule has 0 radical (unpaired) electrons. The van der Waals surface area contributed by atoms with E-state index in [2.05, 4.69) is 79.3 Å². The van der Waals surface area contributed by atoms with Crippen LogP contribution in [0.15, 0.2) is 34.8 Å². The third-order valence-electron chi connectivity index (χ3n) is 3.42. The van der Waals surface area contributed by atoms with Crippen molar-refractivity contribution in [2.24, 2.45) is 0 Å². The number of rotatable bonds is 4. The van der Waals surface area contributed by atoms with Crippen molar-refractivity contribution in [3.8, 4) is 0 Å². The lowest BCUT2D eigenvalue weighted by Gasteiger charge is -2.21. The van der Waals surface area contributed by atoms with E-state index in [0.29, 0.717) is 12.1 Å². The molecule has 0 aliphatic rings. The van der Waals surface area contributed by atoms with Crippen LogP contribution < -0.4 is 5.32 Å². The monoisotopic (exact) mass is 337 g/mol. The zero-order valence-electron chi connectivity index (χ0n) is 11.8. The number of benzene rings is 1. The molecule has 1 unspecified atom stereocenters. The number of thiophene rings is 1. The Kier molecular flexibility index (Phi) is 4.82. The smallest absolute Gasteiger partial charge is 0.0308 e. The van der Waals surface area contributed by atoms with E-state index < -0.39 is 0 Å². The molecule has 1 aromatic carbocycles. The Morgan fingerprint density at radius 3 is 2.26 bits per heavy atom. The van der Waals surface area contributed by atoms with Gasteiger partial charge in [0, 0.05) is 26.3 Å². The first kappa shape index (κ1) is 14.8. The van der Waals surface area contributed by atoms with Crippen LogP contribution in [0.3, 0.4) is 0 Å². The van der Waals surface area contributed by atoms with Crippen molar-refractivity contribution in [2.75, 3.05) is 0 Å². The van der Waals surface area contributed by atoms with Gasteiger partial charge in [-0.25, -0.2) is 0 Å². The van der Waals surface area contributed by atoms with Gasteiger partial charge in [0.05, 0.1) is 0 Å². The summed E-state index contributed by atoms with van der Waals surface area (Å²) in [5, 5.41) is 3.68. The third kappa shape index (κ3) is 3.47. The minimum atomic E-state index is 0.324. The number of hydrogen-bond acceptors (Lipinski definition) is 2. The Labute approximate surface area is 128 Å². The van der Waals surface area contributed by atoms with Crippen molar-refractivity contribution >= 4 is 27.3 Å². The zero-order valence-corrected chi connectivity index (χ0v) is 14.2. The minimum Gasteiger partial charge on any atom is -0.304 e. The third-order valence-corrected chi connectivity index (χ3v) is 5.12. The molecular weight excluding hydrogens is 318 g/mol. The van der Waals surface area contributed by atoms with Gasteiger partial charge in [0.15, 0.2) is 0 Å². The molecule has 0 aliphatic carbocycles. The molecule has 102 valence electrons. The summed E-state index contributed by atoms with van der Waals surface area (Å²) in [5.41, 5.74) is 2.72. The second-order valence-electron chi connectivity index (χ2n) is 5.00. The molecule has 0 saturated heterocycles. The fourth-order valence-electron chi connectivity index (χ4n) is 2.46. The normalized spacial score (nSPS) is 14.4. The SMILES string of the molecule is Cc1cc(C(C)N[C@H](C)c2ccccc2Br)c(C)s1. The van der Waals surface area contributed by atoms with Crippen LogP contribution in [0.25, 0.3) is 0 Å². The first-order valence-electron chi connectivity index (χ1n) is 6.56. The van der Waals surface area contributed by atoms with Gasteiger partial charge in [-0.05, 0) is 51.0 Å². The van der Waals surface area contributed by atoms with Crippen LogP contribution in [-0.2, 0) is 0 Å². The number of hydrogen-bond donors (Lipinski definition) is 1. The van der Waals surface area contributed by atoms with Gasteiger partial charge in [0.25, 0.3) is 0 Å². The molecule has 2 atom stereocenters. The first-order chi connectivity index (χ1) is 8.99. The van der Waals surface area contributed by atoms with Crippen molar-refractivity contribution < 1.29 is 0 Å². The van der Waals surface area contributed by atoms with Gasteiger partial charge in [-0.2, -0.15) is 0 Å². The lowest BCUT2D eigenvalue weighted by atomic mass is 10.0. The standard InChI is InChI=1S/C16H20BrNS/c1-10-9-15(13(4)19-10)12(3)18-11(2)14-7-5-6-8-16(14)17/h5-9,11-12,18H,1-4H3/t11-,12?/m1/s1. The highest BCUT2D eigenvalue weighted by molar-refractivity contribution is 9.10. The summed E-state index contributed by atoms with van der Waals surface area (Å²) >= 11 is 5.50. The molecule has 0 bridgehead atoms. The van der Waals surface area contributed by atoms with Crippen LogP contribution in [0.1, 0.15) is 46.8 Å². The molecule has 3 heteroatoms. The van der Waals surface area contributed by atoms with Gasteiger partial charge < -0.3 is 5.32 Å². The summed E-state index contributed by atoms with van der Waals surface area (Å²) in [6.07, 6.45) is 0. The summed E-state index contributed by atoms with van der Waals surface area (Å²) in [7, 11) is 0. The molecule has 2 rings (SSSR count). The Morgan fingerprint density at radius 2 is 1.68 bits per heavy atom. The van der Waals surface area contributed by atoms with Crippen molar-refractivity contribution in [1.29, 1.82) is 0 Å². The predicted molar refractivity (Wildman–Crippen MR) is 87.9 cm³/mol. The van der Waals surface area contributed by atoms with E-state index in [1.165, 1.54) is 25.4 Å². The van der Waals surface area contributed by atoms with E-state index >= 15 is 0 Å². The molecular formula is C16H20BrNS. The Morgan fingerprint density at radius 1 is 1.05 bits per heavy atom. The maximum Gasteiger partial charge on any atom is 0.0308 e. The Balaban J connectivity index is 2.13. The van der Waals surface area contributed by atoms with Gasteiger partial charge in [-0.1, -0.05) is 34.1 Å². The molecule has 1 N–H and O–H groups in total. The fourth-order valence-corrected chi connectivity index (χ4v) is 4.11. The van der Waals surface area contributed by atoms with E-state index in [9.17, 15) is 0 Å². The van der Waals surface area contributed by atoms with Crippen molar-refractivity contribution in [3.05, 3.63) is 55.7 Å². The average molecular weight is 338 g/mol. The van der Waals surface area contributed by atoms with E-state index in [1.807, 2.05) is 11.3 Å². The topological polar surface area (TPSA) is 12.0 Å². The van der Waals surface area contributed by atoms with Crippen LogP contribution >= 0.6 is 27.3 Å². The lowest BCUT2D eigenvalue weighted by molar-refractivity contribution is 0.493. The Bertz CT molecular complexity index is 562. The molecule has 1 heterocycles. The molecule has 0 saturated carbocycles. The summed E-state index contributed by atoms with van der Waals surface area (Å²) in [6, 6.07) is 11.4. The Hall–Kier alpha value is -0.640. The van der Waals surface area contributed by atoms with Crippen LogP contribution in [0.4, 0.5) is 0 Å². The van der Waals surface area contributed by atoms with E-state index in [-0.39, 0.29) is 0 Å². The molecule has 19 heavy (non-hydrogen) atoms. The summed E-state index contributed by atoms with van der Waals surface area (Å²) in [6.45, 7) is 8.83. The van der Waals surface area contributed by atoms with Gasteiger partial charge in [-0.3, -0.25) is 0 Å². The highest BCUT2D eigenvalue weighted by atomic mass is 79.9.